The lowest BCUT2D eigenvalue weighted by atomic mass is 9.95. The van der Waals surface area contributed by atoms with Crippen LogP contribution in [0.25, 0.3) is 0 Å². The summed E-state index contributed by atoms with van der Waals surface area (Å²) in [5, 5.41) is 10.0. The minimum atomic E-state index is -0.563. The van der Waals surface area contributed by atoms with Crippen LogP contribution < -0.4 is 11.1 Å². The second kappa shape index (κ2) is 5.72. The summed E-state index contributed by atoms with van der Waals surface area (Å²) >= 11 is 1.18. The molecule has 0 aromatic heterocycles. The fourth-order valence-electron chi connectivity index (χ4n) is 1.15. The molecular weight excluding hydrogens is 234 g/mol. The molecule has 5 heteroatoms. The highest BCUT2D eigenvalue weighted by molar-refractivity contribution is 8.13. The summed E-state index contributed by atoms with van der Waals surface area (Å²) < 4.78 is 0. The van der Waals surface area contributed by atoms with Crippen molar-refractivity contribution in [3.8, 4) is 0 Å². The van der Waals surface area contributed by atoms with Crippen LogP contribution in [-0.4, -0.2) is 16.8 Å². The zero-order chi connectivity index (χ0) is 12.9. The van der Waals surface area contributed by atoms with Crippen LogP contribution in [0.15, 0.2) is 30.3 Å². The number of carbonyl (C=O) groups excluding carboxylic acids is 1. The van der Waals surface area contributed by atoms with E-state index in [9.17, 15) is 4.79 Å². The molecule has 4 nitrogen and oxygen atoms in total. The molecule has 0 fully saturated rings. The molecule has 0 aliphatic rings. The third-order valence-corrected chi connectivity index (χ3v) is 3.41. The Morgan fingerprint density at radius 2 is 2.00 bits per heavy atom. The molecule has 1 amide bonds. The van der Waals surface area contributed by atoms with E-state index in [4.69, 9.17) is 11.1 Å². The van der Waals surface area contributed by atoms with Gasteiger partial charge in [0.1, 0.15) is 0 Å². The molecule has 92 valence electrons. The van der Waals surface area contributed by atoms with Crippen LogP contribution in [-0.2, 0) is 4.79 Å². The van der Waals surface area contributed by atoms with Gasteiger partial charge in [-0.2, -0.15) is 0 Å². The first-order chi connectivity index (χ1) is 7.92. The van der Waals surface area contributed by atoms with Gasteiger partial charge in [0, 0.05) is 11.4 Å². The van der Waals surface area contributed by atoms with Crippen LogP contribution in [0.2, 0.25) is 0 Å². The van der Waals surface area contributed by atoms with Crippen molar-refractivity contribution in [3.05, 3.63) is 30.3 Å². The summed E-state index contributed by atoms with van der Waals surface area (Å²) in [6, 6.07) is 9.31. The first-order valence-corrected chi connectivity index (χ1v) is 6.24. The van der Waals surface area contributed by atoms with E-state index in [0.29, 0.717) is 5.75 Å². The Morgan fingerprint density at radius 1 is 1.41 bits per heavy atom. The van der Waals surface area contributed by atoms with E-state index in [1.54, 1.807) is 0 Å². The molecule has 0 saturated carbocycles. The number of nitrogens with one attached hydrogen (secondary N) is 2. The Morgan fingerprint density at radius 3 is 2.53 bits per heavy atom. The van der Waals surface area contributed by atoms with Crippen molar-refractivity contribution >= 4 is 28.5 Å². The maximum Gasteiger partial charge on any atom is 0.230 e. The number of nitrogens with two attached hydrogens (primary N) is 1. The standard InChI is InChI=1S/C12H17N3OS/c1-12(2,8-17-11(13)14)10(16)15-9-6-4-3-5-7-9/h3-7H,8H2,1-2H3,(H3,13,14)(H,15,16). The molecule has 0 saturated heterocycles. The number of anilines is 1. The Balaban J connectivity index is 2.60. The van der Waals surface area contributed by atoms with Crippen molar-refractivity contribution in [2.45, 2.75) is 13.8 Å². The van der Waals surface area contributed by atoms with Crippen molar-refractivity contribution in [1.29, 1.82) is 5.41 Å². The smallest absolute Gasteiger partial charge is 0.230 e. The van der Waals surface area contributed by atoms with E-state index in [1.807, 2.05) is 44.2 Å². The zero-order valence-corrected chi connectivity index (χ0v) is 10.8. The Kier molecular flexibility index (Phi) is 4.57. The molecule has 0 bridgehead atoms. The van der Waals surface area contributed by atoms with E-state index < -0.39 is 5.41 Å². The van der Waals surface area contributed by atoms with Crippen LogP contribution in [0, 0.1) is 10.8 Å². The number of carbonyl (C=O) groups is 1. The monoisotopic (exact) mass is 251 g/mol. The molecule has 1 rings (SSSR count). The van der Waals surface area contributed by atoms with Crippen molar-refractivity contribution in [3.63, 3.8) is 0 Å². The van der Waals surface area contributed by atoms with Crippen LogP contribution >= 0.6 is 11.8 Å². The van der Waals surface area contributed by atoms with Gasteiger partial charge in [0.05, 0.1) is 5.41 Å². The minimum Gasteiger partial charge on any atom is -0.379 e. The first-order valence-electron chi connectivity index (χ1n) is 5.25. The fraction of sp³-hybridized carbons (Fsp3) is 0.333. The number of hydrogen-bond acceptors (Lipinski definition) is 3. The van der Waals surface area contributed by atoms with Gasteiger partial charge in [-0.05, 0) is 12.1 Å². The van der Waals surface area contributed by atoms with E-state index in [2.05, 4.69) is 5.32 Å². The average Bonchev–Trinajstić information content (AvgIpc) is 2.28. The van der Waals surface area contributed by atoms with Gasteiger partial charge in [0.2, 0.25) is 5.91 Å². The largest absolute Gasteiger partial charge is 0.379 e. The summed E-state index contributed by atoms with van der Waals surface area (Å²) in [5.41, 5.74) is 5.48. The number of amides is 1. The van der Waals surface area contributed by atoms with Crippen LogP contribution in [0.4, 0.5) is 5.69 Å². The summed E-state index contributed by atoms with van der Waals surface area (Å²) in [6.07, 6.45) is 0. The van der Waals surface area contributed by atoms with Gasteiger partial charge in [-0.3, -0.25) is 10.2 Å². The van der Waals surface area contributed by atoms with Gasteiger partial charge in [0.25, 0.3) is 0 Å². The highest BCUT2D eigenvalue weighted by atomic mass is 32.2. The van der Waals surface area contributed by atoms with E-state index in [-0.39, 0.29) is 11.1 Å². The number of para-hydroxylation sites is 1. The Bertz CT molecular complexity index is 403. The lowest BCUT2D eigenvalue weighted by Gasteiger charge is -2.22. The van der Waals surface area contributed by atoms with Crippen LogP contribution in [0.5, 0.6) is 0 Å². The molecule has 4 N–H and O–H groups in total. The minimum absolute atomic E-state index is 0.0330. The molecule has 17 heavy (non-hydrogen) atoms. The predicted octanol–water partition coefficient (Wildman–Crippen LogP) is 2.28. The molecule has 0 unspecified atom stereocenters. The second-order valence-corrected chi connectivity index (χ2v) is 5.37. The first kappa shape index (κ1) is 13.6. The molecule has 0 atom stereocenters. The number of hydrogen-bond donors (Lipinski definition) is 3. The topological polar surface area (TPSA) is 79.0 Å². The predicted molar refractivity (Wildman–Crippen MR) is 73.2 cm³/mol. The van der Waals surface area contributed by atoms with Crippen LogP contribution in [0.3, 0.4) is 0 Å². The van der Waals surface area contributed by atoms with Crippen molar-refractivity contribution < 1.29 is 4.79 Å². The summed E-state index contributed by atoms with van der Waals surface area (Å²) in [7, 11) is 0. The van der Waals surface area contributed by atoms with Gasteiger partial charge >= 0.3 is 0 Å². The molecule has 0 aliphatic carbocycles. The Labute approximate surface area is 105 Å². The lowest BCUT2D eigenvalue weighted by molar-refractivity contribution is -0.122. The van der Waals surface area contributed by atoms with Gasteiger partial charge in [-0.15, -0.1) is 0 Å². The quantitative estimate of drug-likeness (QED) is 0.567. The van der Waals surface area contributed by atoms with Gasteiger partial charge < -0.3 is 11.1 Å². The van der Waals surface area contributed by atoms with Crippen molar-refractivity contribution in [2.75, 3.05) is 11.1 Å². The number of thioether (sulfide) groups is 1. The highest BCUT2D eigenvalue weighted by Crippen LogP contribution is 2.23. The van der Waals surface area contributed by atoms with Crippen LogP contribution in [0.1, 0.15) is 13.8 Å². The normalized spacial score (nSPS) is 10.9. The van der Waals surface area contributed by atoms with Gasteiger partial charge in [-0.1, -0.05) is 43.8 Å². The van der Waals surface area contributed by atoms with Gasteiger partial charge in [-0.25, -0.2) is 0 Å². The Hall–Kier alpha value is -1.49. The maximum absolute atomic E-state index is 12.0. The van der Waals surface area contributed by atoms with Gasteiger partial charge in [0.15, 0.2) is 5.17 Å². The molecule has 0 radical (unpaired) electrons. The fourth-order valence-corrected chi connectivity index (χ4v) is 1.79. The maximum atomic E-state index is 12.0. The third kappa shape index (κ3) is 4.48. The molecule has 0 aliphatic heterocycles. The SMILES string of the molecule is CC(C)(CSC(=N)N)C(=O)Nc1ccccc1. The number of benzene rings is 1. The zero-order valence-electron chi connectivity index (χ0n) is 9.99. The summed E-state index contributed by atoms with van der Waals surface area (Å²) in [4.78, 5) is 12.0. The van der Waals surface area contributed by atoms with E-state index >= 15 is 0 Å². The molecular formula is C12H17N3OS. The lowest BCUT2D eigenvalue weighted by Crippen LogP contribution is -2.33. The summed E-state index contributed by atoms with van der Waals surface area (Å²) in [5.74, 6) is 0.415. The average molecular weight is 251 g/mol. The second-order valence-electron chi connectivity index (χ2n) is 4.36. The molecule has 1 aromatic carbocycles. The van der Waals surface area contributed by atoms with E-state index in [0.717, 1.165) is 5.69 Å². The third-order valence-electron chi connectivity index (χ3n) is 2.23. The molecule has 0 heterocycles. The van der Waals surface area contributed by atoms with E-state index in [1.165, 1.54) is 11.8 Å². The number of amidine groups is 1. The molecule has 1 aromatic rings. The highest BCUT2D eigenvalue weighted by Gasteiger charge is 2.28. The number of rotatable bonds is 4. The van der Waals surface area contributed by atoms with Crippen molar-refractivity contribution in [1.82, 2.24) is 0 Å². The summed E-state index contributed by atoms with van der Waals surface area (Å²) in [6.45, 7) is 3.67. The molecule has 0 spiro atoms. The van der Waals surface area contributed by atoms with Crippen molar-refractivity contribution in [2.24, 2.45) is 11.1 Å².